The summed E-state index contributed by atoms with van der Waals surface area (Å²) >= 11 is 0. The van der Waals surface area contributed by atoms with Crippen molar-refractivity contribution in [2.45, 2.75) is 36.8 Å². The summed E-state index contributed by atoms with van der Waals surface area (Å²) < 4.78 is 80.5. The molecule has 0 spiro atoms. The van der Waals surface area contributed by atoms with Gasteiger partial charge in [-0.1, -0.05) is 30.4 Å². The zero-order valence-corrected chi connectivity index (χ0v) is 18.9. The number of allylic oxidation sites excluding steroid dienone is 2. The average molecular weight is 503 g/mol. The van der Waals surface area contributed by atoms with E-state index in [4.69, 9.17) is 0 Å². The van der Waals surface area contributed by atoms with Crippen molar-refractivity contribution < 1.29 is 32.6 Å². The fourth-order valence-corrected chi connectivity index (χ4v) is 5.36. The van der Waals surface area contributed by atoms with E-state index in [0.29, 0.717) is 19.2 Å². The summed E-state index contributed by atoms with van der Waals surface area (Å²) in [5.41, 5.74) is -2.54. The summed E-state index contributed by atoms with van der Waals surface area (Å²) in [4.78, 5) is 18.8. The molecule has 5 nitrogen and oxygen atoms in total. The van der Waals surface area contributed by atoms with E-state index in [-0.39, 0.29) is 13.9 Å². The van der Waals surface area contributed by atoms with Gasteiger partial charge in [0.15, 0.2) is 0 Å². The summed E-state index contributed by atoms with van der Waals surface area (Å²) in [6.45, 7) is 4.12. The van der Waals surface area contributed by atoms with E-state index < -0.39 is 47.4 Å². The standard InChI is InChI=1S/C24H26F6N4O.H2/c25-23(26,27)16-6-7-19(24(28,29)30)20-13-22(20,12-16)31-21(35)34-14-18(15-34)33-10-8-32(9-11-33)17-4-2-1-3-5-17;/h1-5,7,12,18,20H,6,8-11,13-15H2,(H,31,35);1H. The molecule has 1 aromatic rings. The lowest BCUT2D eigenvalue weighted by atomic mass is 10.0. The van der Waals surface area contributed by atoms with Crippen LogP contribution in [0.4, 0.5) is 36.8 Å². The summed E-state index contributed by atoms with van der Waals surface area (Å²) in [7, 11) is 0. The van der Waals surface area contributed by atoms with Gasteiger partial charge in [-0.2, -0.15) is 26.3 Å². The molecule has 2 heterocycles. The van der Waals surface area contributed by atoms with Crippen molar-refractivity contribution in [2.24, 2.45) is 5.92 Å². The Bertz CT molecular complexity index is 1030. The summed E-state index contributed by atoms with van der Waals surface area (Å²) in [5, 5.41) is 2.51. The number of piperazine rings is 1. The molecule has 1 aromatic carbocycles. The van der Waals surface area contributed by atoms with Gasteiger partial charge in [0.25, 0.3) is 0 Å². The van der Waals surface area contributed by atoms with Crippen LogP contribution in [0.25, 0.3) is 0 Å². The first kappa shape index (κ1) is 24.0. The number of hydrogen-bond donors (Lipinski definition) is 1. The van der Waals surface area contributed by atoms with Crippen molar-refractivity contribution in [1.82, 2.24) is 15.1 Å². The number of amides is 2. The second-order valence-electron chi connectivity index (χ2n) is 9.67. The molecule has 2 amide bonds. The molecule has 11 heteroatoms. The minimum Gasteiger partial charge on any atom is -0.369 e. The van der Waals surface area contributed by atoms with Crippen LogP contribution in [-0.2, 0) is 0 Å². The first-order valence-corrected chi connectivity index (χ1v) is 11.6. The Morgan fingerprint density at radius 2 is 1.63 bits per heavy atom. The Balaban J connectivity index is 0.00000304. The van der Waals surface area contributed by atoms with E-state index in [9.17, 15) is 31.1 Å². The van der Waals surface area contributed by atoms with Crippen LogP contribution in [0, 0.1) is 5.92 Å². The number of anilines is 1. The van der Waals surface area contributed by atoms with Crippen molar-refractivity contribution >= 4 is 11.7 Å². The molecular weight excluding hydrogens is 474 g/mol. The molecule has 3 fully saturated rings. The van der Waals surface area contributed by atoms with Crippen LogP contribution < -0.4 is 10.2 Å². The van der Waals surface area contributed by atoms with E-state index in [1.165, 1.54) is 4.90 Å². The molecule has 1 saturated carbocycles. The molecule has 2 aliphatic heterocycles. The van der Waals surface area contributed by atoms with E-state index >= 15 is 0 Å². The summed E-state index contributed by atoms with van der Waals surface area (Å²) in [5.74, 6) is -1.20. The summed E-state index contributed by atoms with van der Waals surface area (Å²) in [6, 6.07) is 9.57. The number of carbonyl (C=O) groups is 1. The third-order valence-corrected chi connectivity index (χ3v) is 7.49. The quantitative estimate of drug-likeness (QED) is 0.486. The van der Waals surface area contributed by atoms with Crippen LogP contribution in [-0.4, -0.2) is 79.0 Å². The topological polar surface area (TPSA) is 38.8 Å². The Morgan fingerprint density at radius 1 is 0.971 bits per heavy atom. The maximum atomic E-state index is 13.5. The number of nitrogens with zero attached hydrogens (tertiary/aromatic N) is 3. The Kier molecular flexibility index (Phi) is 5.81. The molecule has 0 radical (unpaired) electrons. The number of likely N-dealkylation sites (tertiary alicyclic amines) is 1. The number of para-hydroxylation sites is 1. The van der Waals surface area contributed by atoms with E-state index in [1.54, 1.807) is 0 Å². The van der Waals surface area contributed by atoms with Gasteiger partial charge in [-0.15, -0.1) is 0 Å². The third kappa shape index (κ3) is 4.74. The smallest absolute Gasteiger partial charge is 0.369 e. The predicted molar refractivity (Wildman–Crippen MR) is 120 cm³/mol. The van der Waals surface area contributed by atoms with Crippen LogP contribution >= 0.6 is 0 Å². The van der Waals surface area contributed by atoms with Gasteiger partial charge in [-0.25, -0.2) is 4.79 Å². The highest BCUT2D eigenvalue weighted by atomic mass is 19.4. The van der Waals surface area contributed by atoms with E-state index in [1.807, 2.05) is 18.2 Å². The maximum absolute atomic E-state index is 13.5. The second-order valence-corrected chi connectivity index (χ2v) is 9.67. The van der Waals surface area contributed by atoms with Gasteiger partial charge in [-0.3, -0.25) is 4.90 Å². The number of nitrogens with one attached hydrogen (secondary N) is 1. The van der Waals surface area contributed by atoms with Gasteiger partial charge in [0.1, 0.15) is 0 Å². The fourth-order valence-electron chi connectivity index (χ4n) is 5.36. The minimum atomic E-state index is -4.76. The Labute approximate surface area is 200 Å². The molecule has 2 unspecified atom stereocenters. The monoisotopic (exact) mass is 502 g/mol. The Hall–Kier alpha value is -2.69. The lowest BCUT2D eigenvalue weighted by Crippen LogP contribution is -2.66. The predicted octanol–water partition coefficient (Wildman–Crippen LogP) is 4.59. The van der Waals surface area contributed by atoms with E-state index in [0.717, 1.165) is 37.9 Å². The Morgan fingerprint density at radius 3 is 2.23 bits per heavy atom. The molecule has 2 atom stereocenters. The average Bonchev–Trinajstić information content (AvgIpc) is 3.45. The lowest BCUT2D eigenvalue weighted by molar-refractivity contribution is -0.0976. The van der Waals surface area contributed by atoms with Crippen LogP contribution in [0.5, 0.6) is 0 Å². The number of fused-ring (bicyclic) bond motifs is 1. The van der Waals surface area contributed by atoms with Crippen LogP contribution in [0.1, 0.15) is 14.3 Å². The largest absolute Gasteiger partial charge is 0.412 e. The van der Waals surface area contributed by atoms with Gasteiger partial charge in [0.05, 0.1) is 5.54 Å². The van der Waals surface area contributed by atoms with Gasteiger partial charge < -0.3 is 15.1 Å². The van der Waals surface area contributed by atoms with Gasteiger partial charge in [0, 0.05) is 69.5 Å². The van der Waals surface area contributed by atoms with Crippen LogP contribution in [0.2, 0.25) is 0 Å². The van der Waals surface area contributed by atoms with Gasteiger partial charge in [-0.05, 0) is 25.0 Å². The molecule has 5 rings (SSSR count). The van der Waals surface area contributed by atoms with Crippen molar-refractivity contribution in [3.05, 3.63) is 53.6 Å². The number of rotatable bonds is 3. The van der Waals surface area contributed by atoms with Gasteiger partial charge in [0.2, 0.25) is 0 Å². The zero-order chi connectivity index (χ0) is 25.0. The number of hydrogen-bond acceptors (Lipinski definition) is 3. The number of benzene rings is 1. The highest BCUT2D eigenvalue weighted by Gasteiger charge is 2.62. The van der Waals surface area contributed by atoms with Gasteiger partial charge >= 0.3 is 18.4 Å². The normalized spacial score (nSPS) is 27.9. The van der Waals surface area contributed by atoms with Crippen molar-refractivity contribution in [3.63, 3.8) is 0 Å². The zero-order valence-electron chi connectivity index (χ0n) is 18.9. The second kappa shape index (κ2) is 8.46. The molecule has 1 N–H and O–H groups in total. The van der Waals surface area contributed by atoms with E-state index in [2.05, 4.69) is 27.2 Å². The molecule has 192 valence electrons. The minimum absolute atomic E-state index is 0. The fraction of sp³-hybridized carbons (Fsp3) is 0.542. The molecule has 2 saturated heterocycles. The summed E-state index contributed by atoms with van der Waals surface area (Å²) in [6.07, 6.45) is -9.14. The molecule has 0 aromatic heterocycles. The third-order valence-electron chi connectivity index (χ3n) is 7.49. The number of alkyl halides is 6. The number of carbonyl (C=O) groups excluding carboxylic acids is 1. The first-order valence-electron chi connectivity index (χ1n) is 11.6. The molecule has 35 heavy (non-hydrogen) atoms. The number of urea groups is 1. The highest BCUT2D eigenvalue weighted by molar-refractivity contribution is 5.77. The lowest BCUT2D eigenvalue weighted by Gasteiger charge is -2.48. The first-order chi connectivity index (χ1) is 16.5. The van der Waals surface area contributed by atoms with Crippen molar-refractivity contribution in [1.29, 1.82) is 0 Å². The molecular formula is C24H28F6N4O. The highest BCUT2D eigenvalue weighted by Crippen LogP contribution is 2.57. The van der Waals surface area contributed by atoms with Crippen molar-refractivity contribution in [3.8, 4) is 0 Å². The number of halogens is 6. The molecule has 4 aliphatic rings. The van der Waals surface area contributed by atoms with Crippen molar-refractivity contribution in [2.75, 3.05) is 44.2 Å². The molecule has 0 bridgehead atoms. The SMILES string of the molecule is O=C(NC12C=C(C(F)(F)F)CC=C(C(F)(F)F)C1C2)N1CC(N2CCN(c3ccccc3)CC2)C1.[HH]. The van der Waals surface area contributed by atoms with Crippen LogP contribution in [0.3, 0.4) is 0 Å². The molecule has 2 aliphatic carbocycles. The maximum Gasteiger partial charge on any atom is 0.412 e. The van der Waals surface area contributed by atoms with Crippen LogP contribution in [0.15, 0.2) is 53.6 Å².